The third-order valence-corrected chi connectivity index (χ3v) is 1.79. The fraction of sp³-hybridized carbons (Fsp3) is 0. The number of aromatic amines is 1. The van der Waals surface area contributed by atoms with Crippen molar-refractivity contribution in [1.82, 2.24) is 9.78 Å². The second kappa shape index (κ2) is 3.10. The molecule has 1 N–H and O–H groups in total. The van der Waals surface area contributed by atoms with E-state index >= 15 is 0 Å². The number of halogens is 2. The number of nitrogens with one attached hydrogen (secondary N) is 1. The van der Waals surface area contributed by atoms with Gasteiger partial charge in [0.1, 0.15) is 0 Å². The van der Waals surface area contributed by atoms with E-state index < -0.39 is 11.6 Å². The fourth-order valence-electron chi connectivity index (χ4n) is 1.12. The van der Waals surface area contributed by atoms with Gasteiger partial charge in [-0.3, -0.25) is 14.6 Å². The minimum absolute atomic E-state index is 0.297. The Morgan fingerprint density at radius 1 is 1.14 bits per heavy atom. The zero-order valence-corrected chi connectivity index (χ0v) is 7.00. The van der Waals surface area contributed by atoms with Gasteiger partial charge in [-0.1, -0.05) is 0 Å². The van der Waals surface area contributed by atoms with E-state index in [0.29, 0.717) is 5.69 Å². The molecule has 3 nitrogen and oxygen atoms in total. The lowest BCUT2D eigenvalue weighted by Crippen LogP contribution is -2.03. The topological polar surface area (TPSA) is 37.8 Å². The summed E-state index contributed by atoms with van der Waals surface area (Å²) >= 11 is 0. The Kier molecular flexibility index (Phi) is 1.92. The summed E-state index contributed by atoms with van der Waals surface area (Å²) in [6.45, 7) is 0. The number of H-pyrrole nitrogens is 1. The van der Waals surface area contributed by atoms with E-state index in [0.717, 1.165) is 12.1 Å². The van der Waals surface area contributed by atoms with Gasteiger partial charge in [0.15, 0.2) is 11.6 Å². The highest BCUT2D eigenvalue weighted by molar-refractivity contribution is 5.31. The van der Waals surface area contributed by atoms with Gasteiger partial charge in [-0.05, 0) is 12.1 Å². The Balaban J connectivity index is 2.52. The van der Waals surface area contributed by atoms with Crippen LogP contribution < -0.4 is 5.56 Å². The lowest BCUT2D eigenvalue weighted by atomic mass is 10.3. The van der Waals surface area contributed by atoms with Crippen molar-refractivity contribution in [2.75, 3.05) is 0 Å². The molecule has 0 aliphatic heterocycles. The quantitative estimate of drug-likeness (QED) is 0.736. The summed E-state index contributed by atoms with van der Waals surface area (Å²) in [6.07, 6.45) is 1.44. The summed E-state index contributed by atoms with van der Waals surface area (Å²) in [7, 11) is 0. The largest absolute Gasteiger partial charge is 0.268 e. The summed E-state index contributed by atoms with van der Waals surface area (Å²) < 4.78 is 26.7. The van der Waals surface area contributed by atoms with E-state index in [-0.39, 0.29) is 5.56 Å². The molecule has 0 fully saturated rings. The first-order valence-corrected chi connectivity index (χ1v) is 3.90. The van der Waals surface area contributed by atoms with E-state index in [1.807, 2.05) is 0 Å². The number of rotatable bonds is 1. The number of aromatic nitrogens is 2. The summed E-state index contributed by atoms with van der Waals surface area (Å²) in [5, 5.41) is 2.41. The lowest BCUT2D eigenvalue weighted by molar-refractivity contribution is 0.507. The predicted octanol–water partition coefficient (Wildman–Crippen LogP) is 1.44. The Morgan fingerprint density at radius 2 is 1.93 bits per heavy atom. The maximum atomic E-state index is 12.8. The molecule has 0 atom stereocenters. The molecule has 14 heavy (non-hydrogen) atoms. The summed E-state index contributed by atoms with van der Waals surface area (Å²) in [5.41, 5.74) is 0.0701. The maximum Gasteiger partial charge on any atom is 0.264 e. The summed E-state index contributed by atoms with van der Waals surface area (Å²) in [5.74, 6) is -1.86. The standard InChI is InChI=1S/C9H6F2N2O/c10-7-2-1-6(5-8(7)11)13-4-3-9(14)12-13/h1-5H,(H,12,14). The van der Waals surface area contributed by atoms with Gasteiger partial charge in [0.05, 0.1) is 5.69 Å². The molecule has 0 aliphatic carbocycles. The molecule has 72 valence electrons. The van der Waals surface area contributed by atoms with Crippen LogP contribution in [0.1, 0.15) is 0 Å². The molecule has 0 saturated carbocycles. The highest BCUT2D eigenvalue weighted by Gasteiger charge is 2.03. The summed E-state index contributed by atoms with van der Waals surface area (Å²) in [4.78, 5) is 10.8. The van der Waals surface area contributed by atoms with Crippen molar-refractivity contribution in [2.24, 2.45) is 0 Å². The molecule has 5 heteroatoms. The molecule has 0 amide bonds. The van der Waals surface area contributed by atoms with Gasteiger partial charge < -0.3 is 0 Å². The predicted molar refractivity (Wildman–Crippen MR) is 46.3 cm³/mol. The van der Waals surface area contributed by atoms with Crippen molar-refractivity contribution in [3.05, 3.63) is 52.5 Å². The van der Waals surface area contributed by atoms with Crippen LogP contribution in [0.5, 0.6) is 0 Å². The molecule has 0 saturated heterocycles. The molecule has 1 aromatic heterocycles. The second-order valence-corrected chi connectivity index (χ2v) is 2.76. The van der Waals surface area contributed by atoms with E-state index in [2.05, 4.69) is 5.10 Å². The van der Waals surface area contributed by atoms with Gasteiger partial charge in [-0.15, -0.1) is 0 Å². The lowest BCUT2D eigenvalue weighted by Gasteiger charge is -2.01. The van der Waals surface area contributed by atoms with Gasteiger partial charge in [0.25, 0.3) is 5.56 Å². The van der Waals surface area contributed by atoms with Crippen LogP contribution in [0, 0.1) is 11.6 Å². The zero-order chi connectivity index (χ0) is 10.1. The first-order chi connectivity index (χ1) is 6.66. The number of hydrogen-bond acceptors (Lipinski definition) is 1. The third-order valence-electron chi connectivity index (χ3n) is 1.79. The van der Waals surface area contributed by atoms with Gasteiger partial charge in [-0.2, -0.15) is 0 Å². The monoisotopic (exact) mass is 196 g/mol. The van der Waals surface area contributed by atoms with E-state index in [9.17, 15) is 13.6 Å². The molecule has 2 aromatic rings. The zero-order valence-electron chi connectivity index (χ0n) is 7.00. The van der Waals surface area contributed by atoms with Crippen LogP contribution >= 0.6 is 0 Å². The van der Waals surface area contributed by atoms with Crippen LogP contribution in [0.25, 0.3) is 5.69 Å². The molecular formula is C9H6F2N2O. The highest BCUT2D eigenvalue weighted by atomic mass is 19.2. The number of hydrogen-bond donors (Lipinski definition) is 1. The minimum Gasteiger partial charge on any atom is -0.268 e. The molecule has 0 bridgehead atoms. The average molecular weight is 196 g/mol. The van der Waals surface area contributed by atoms with E-state index in [1.54, 1.807) is 0 Å². The van der Waals surface area contributed by atoms with E-state index in [4.69, 9.17) is 0 Å². The van der Waals surface area contributed by atoms with E-state index in [1.165, 1.54) is 23.0 Å². The van der Waals surface area contributed by atoms with Crippen LogP contribution in [0.2, 0.25) is 0 Å². The minimum atomic E-state index is -0.947. The normalized spacial score (nSPS) is 10.4. The van der Waals surface area contributed by atoms with Gasteiger partial charge >= 0.3 is 0 Å². The van der Waals surface area contributed by atoms with Crippen molar-refractivity contribution in [2.45, 2.75) is 0 Å². The number of nitrogens with zero attached hydrogens (tertiary/aromatic N) is 1. The fourth-order valence-corrected chi connectivity index (χ4v) is 1.12. The first-order valence-electron chi connectivity index (χ1n) is 3.90. The molecule has 1 heterocycles. The van der Waals surface area contributed by atoms with Crippen LogP contribution in [0.3, 0.4) is 0 Å². The van der Waals surface area contributed by atoms with Crippen LogP contribution in [-0.4, -0.2) is 9.78 Å². The van der Waals surface area contributed by atoms with Crippen molar-refractivity contribution >= 4 is 0 Å². The molecule has 2 rings (SSSR count). The van der Waals surface area contributed by atoms with Gasteiger partial charge in [0, 0.05) is 18.3 Å². The van der Waals surface area contributed by atoms with Crippen molar-refractivity contribution in [3.63, 3.8) is 0 Å². The maximum absolute atomic E-state index is 12.8. The molecule has 1 aromatic carbocycles. The third kappa shape index (κ3) is 1.44. The first kappa shape index (κ1) is 8.68. The number of benzene rings is 1. The van der Waals surface area contributed by atoms with Crippen molar-refractivity contribution in [3.8, 4) is 5.69 Å². The summed E-state index contributed by atoms with van der Waals surface area (Å²) in [6, 6.07) is 4.67. The van der Waals surface area contributed by atoms with Crippen molar-refractivity contribution < 1.29 is 8.78 Å². The Morgan fingerprint density at radius 3 is 2.50 bits per heavy atom. The van der Waals surface area contributed by atoms with Gasteiger partial charge in [-0.25, -0.2) is 8.78 Å². The second-order valence-electron chi connectivity index (χ2n) is 2.76. The average Bonchev–Trinajstić information content (AvgIpc) is 2.57. The molecular weight excluding hydrogens is 190 g/mol. The van der Waals surface area contributed by atoms with Crippen molar-refractivity contribution in [1.29, 1.82) is 0 Å². The van der Waals surface area contributed by atoms with Crippen LogP contribution in [0.15, 0.2) is 35.3 Å². The Bertz CT molecular complexity index is 516. The van der Waals surface area contributed by atoms with Gasteiger partial charge in [0.2, 0.25) is 0 Å². The SMILES string of the molecule is O=c1ccn(-c2ccc(F)c(F)c2)[nH]1. The molecule has 0 spiro atoms. The Hall–Kier alpha value is -1.91. The highest BCUT2D eigenvalue weighted by Crippen LogP contribution is 2.10. The van der Waals surface area contributed by atoms with Crippen LogP contribution in [0.4, 0.5) is 8.78 Å². The van der Waals surface area contributed by atoms with Crippen LogP contribution in [-0.2, 0) is 0 Å². The molecule has 0 aliphatic rings. The smallest absolute Gasteiger partial charge is 0.264 e. The Labute approximate surface area is 77.6 Å². The molecule has 0 radical (unpaired) electrons. The molecule has 0 unspecified atom stereocenters.